The summed E-state index contributed by atoms with van der Waals surface area (Å²) in [4.78, 5) is 3.59. The number of hydrogen-bond donors (Lipinski definition) is 1. The predicted octanol–water partition coefficient (Wildman–Crippen LogP) is 4.11. The zero-order valence-electron chi connectivity index (χ0n) is 12.8. The molecule has 2 rings (SSSR count). The molecule has 0 saturated heterocycles. The summed E-state index contributed by atoms with van der Waals surface area (Å²) in [6.45, 7) is 5.01. The van der Waals surface area contributed by atoms with Crippen LogP contribution >= 0.6 is 11.3 Å². The van der Waals surface area contributed by atoms with Crippen molar-refractivity contribution in [1.82, 2.24) is 4.90 Å². The minimum atomic E-state index is -0.197. The molecule has 0 aliphatic carbocycles. The number of hydrogen-bond acceptors (Lipinski definition) is 3. The smallest absolute Gasteiger partial charge is 0.123 e. The quantitative estimate of drug-likeness (QED) is 0.870. The maximum atomic E-state index is 13.0. The molecule has 2 nitrogen and oxygen atoms in total. The molecule has 0 aliphatic rings. The van der Waals surface area contributed by atoms with Crippen molar-refractivity contribution in [2.75, 3.05) is 7.05 Å². The van der Waals surface area contributed by atoms with Gasteiger partial charge in [-0.2, -0.15) is 0 Å². The van der Waals surface area contributed by atoms with Crippen LogP contribution in [0.15, 0.2) is 35.7 Å². The molecule has 2 aromatic rings. The van der Waals surface area contributed by atoms with Crippen LogP contribution in [0.3, 0.4) is 0 Å². The highest BCUT2D eigenvalue weighted by Gasteiger charge is 2.25. The first-order chi connectivity index (χ1) is 10.0. The lowest BCUT2D eigenvalue weighted by Gasteiger charge is -2.32. The molecule has 0 amide bonds. The third-order valence-electron chi connectivity index (χ3n) is 3.87. The Bertz CT molecular complexity index is 564. The Morgan fingerprint density at radius 3 is 2.43 bits per heavy atom. The van der Waals surface area contributed by atoms with Gasteiger partial charge in [-0.1, -0.05) is 19.1 Å². The maximum absolute atomic E-state index is 13.0. The predicted molar refractivity (Wildman–Crippen MR) is 87.9 cm³/mol. The van der Waals surface area contributed by atoms with Gasteiger partial charge in [0.05, 0.1) is 6.04 Å². The van der Waals surface area contributed by atoms with Gasteiger partial charge in [0.1, 0.15) is 5.82 Å². The van der Waals surface area contributed by atoms with Crippen LogP contribution in [-0.2, 0) is 6.54 Å². The van der Waals surface area contributed by atoms with E-state index in [0.29, 0.717) is 0 Å². The Balaban J connectivity index is 2.20. The Morgan fingerprint density at radius 2 is 1.90 bits per heavy atom. The molecule has 1 aromatic heterocycles. The summed E-state index contributed by atoms with van der Waals surface area (Å²) in [6, 6.07) is 9.11. The SMILES string of the molecule is CCC(N)C(c1sccc1C)N(C)Cc1ccc(F)cc1. The van der Waals surface area contributed by atoms with Gasteiger partial charge in [0.15, 0.2) is 0 Å². The van der Waals surface area contributed by atoms with Gasteiger partial charge in [-0.3, -0.25) is 4.90 Å². The summed E-state index contributed by atoms with van der Waals surface area (Å²) in [7, 11) is 2.09. The standard InChI is InChI=1S/C17H23FN2S/c1-4-15(19)16(17-12(2)9-10-21-17)20(3)11-13-5-7-14(18)8-6-13/h5-10,15-16H,4,11,19H2,1-3H3. The first-order valence-corrected chi connectivity index (χ1v) is 8.15. The second kappa shape index (κ2) is 7.16. The summed E-state index contributed by atoms with van der Waals surface area (Å²) >= 11 is 1.76. The molecular formula is C17H23FN2S. The minimum absolute atomic E-state index is 0.0906. The van der Waals surface area contributed by atoms with E-state index in [-0.39, 0.29) is 17.9 Å². The average Bonchev–Trinajstić information content (AvgIpc) is 2.87. The molecule has 2 atom stereocenters. The molecule has 0 saturated carbocycles. The molecule has 0 bridgehead atoms. The van der Waals surface area contributed by atoms with Gasteiger partial charge < -0.3 is 5.73 Å². The number of benzene rings is 1. The van der Waals surface area contributed by atoms with Crippen molar-refractivity contribution in [3.63, 3.8) is 0 Å². The van der Waals surface area contributed by atoms with E-state index in [1.807, 2.05) is 12.1 Å². The molecule has 2 unspecified atom stereocenters. The molecular weight excluding hydrogens is 283 g/mol. The number of halogens is 1. The van der Waals surface area contributed by atoms with Gasteiger partial charge in [0.2, 0.25) is 0 Å². The Morgan fingerprint density at radius 1 is 1.24 bits per heavy atom. The first kappa shape index (κ1) is 16.1. The van der Waals surface area contributed by atoms with Crippen molar-refractivity contribution in [2.45, 2.75) is 38.9 Å². The lowest BCUT2D eigenvalue weighted by atomic mass is 10.0. The van der Waals surface area contributed by atoms with E-state index in [9.17, 15) is 4.39 Å². The molecule has 0 radical (unpaired) electrons. The van der Waals surface area contributed by atoms with Crippen LogP contribution in [-0.4, -0.2) is 18.0 Å². The summed E-state index contributed by atoms with van der Waals surface area (Å²) in [5, 5.41) is 2.12. The zero-order valence-corrected chi connectivity index (χ0v) is 13.7. The summed E-state index contributed by atoms with van der Waals surface area (Å²) in [5.41, 5.74) is 8.75. The van der Waals surface area contributed by atoms with Crippen LogP contribution in [0, 0.1) is 12.7 Å². The lowest BCUT2D eigenvalue weighted by molar-refractivity contribution is 0.204. The van der Waals surface area contributed by atoms with Gasteiger partial charge in [0.25, 0.3) is 0 Å². The Labute approximate surface area is 130 Å². The number of nitrogens with two attached hydrogens (primary N) is 1. The lowest BCUT2D eigenvalue weighted by Crippen LogP contribution is -2.38. The average molecular weight is 306 g/mol. The van der Waals surface area contributed by atoms with E-state index in [0.717, 1.165) is 18.5 Å². The highest BCUT2D eigenvalue weighted by molar-refractivity contribution is 7.10. The molecule has 4 heteroatoms. The van der Waals surface area contributed by atoms with Gasteiger partial charge in [0, 0.05) is 17.5 Å². The van der Waals surface area contributed by atoms with Crippen LogP contribution in [0.1, 0.15) is 35.4 Å². The van der Waals surface area contributed by atoms with Crippen molar-refractivity contribution in [1.29, 1.82) is 0 Å². The van der Waals surface area contributed by atoms with Crippen molar-refractivity contribution in [2.24, 2.45) is 5.73 Å². The topological polar surface area (TPSA) is 29.3 Å². The number of aryl methyl sites for hydroxylation is 1. The number of nitrogens with zero attached hydrogens (tertiary/aromatic N) is 1. The van der Waals surface area contributed by atoms with Crippen LogP contribution in [0.25, 0.3) is 0 Å². The molecule has 1 aromatic carbocycles. The van der Waals surface area contributed by atoms with Crippen molar-refractivity contribution in [3.05, 3.63) is 57.5 Å². The van der Waals surface area contributed by atoms with Gasteiger partial charge >= 0.3 is 0 Å². The monoisotopic (exact) mass is 306 g/mol. The highest BCUT2D eigenvalue weighted by Crippen LogP contribution is 2.32. The Kier molecular flexibility index (Phi) is 5.51. The zero-order chi connectivity index (χ0) is 15.4. The fourth-order valence-corrected chi connectivity index (χ4v) is 3.78. The van der Waals surface area contributed by atoms with Gasteiger partial charge in [-0.05, 0) is 55.1 Å². The Hall–Kier alpha value is -1.23. The van der Waals surface area contributed by atoms with Gasteiger partial charge in [-0.15, -0.1) is 11.3 Å². The summed E-state index contributed by atoms with van der Waals surface area (Å²) < 4.78 is 13.0. The molecule has 21 heavy (non-hydrogen) atoms. The highest BCUT2D eigenvalue weighted by atomic mass is 32.1. The molecule has 114 valence electrons. The van der Waals surface area contributed by atoms with Crippen LogP contribution < -0.4 is 5.73 Å². The second-order valence-electron chi connectivity index (χ2n) is 5.53. The van der Waals surface area contributed by atoms with Crippen LogP contribution in [0.4, 0.5) is 4.39 Å². The largest absolute Gasteiger partial charge is 0.326 e. The third-order valence-corrected chi connectivity index (χ3v) is 4.96. The van der Waals surface area contributed by atoms with E-state index < -0.39 is 0 Å². The van der Waals surface area contributed by atoms with E-state index in [2.05, 4.69) is 37.2 Å². The minimum Gasteiger partial charge on any atom is -0.326 e. The fourth-order valence-electron chi connectivity index (χ4n) is 2.61. The van der Waals surface area contributed by atoms with Crippen LogP contribution in [0.5, 0.6) is 0 Å². The molecule has 0 spiro atoms. The van der Waals surface area contributed by atoms with E-state index >= 15 is 0 Å². The van der Waals surface area contributed by atoms with Gasteiger partial charge in [-0.25, -0.2) is 4.39 Å². The number of rotatable bonds is 6. The molecule has 0 fully saturated rings. The van der Waals surface area contributed by atoms with Crippen molar-refractivity contribution in [3.8, 4) is 0 Å². The van der Waals surface area contributed by atoms with E-state index in [1.165, 1.54) is 22.6 Å². The molecule has 0 aliphatic heterocycles. The normalized spacial score (nSPS) is 14.4. The summed E-state index contributed by atoms with van der Waals surface area (Å²) in [6.07, 6.45) is 0.926. The summed E-state index contributed by atoms with van der Waals surface area (Å²) in [5.74, 6) is -0.197. The molecule has 1 heterocycles. The van der Waals surface area contributed by atoms with Crippen LogP contribution in [0.2, 0.25) is 0 Å². The fraction of sp³-hybridized carbons (Fsp3) is 0.412. The van der Waals surface area contributed by atoms with E-state index in [1.54, 1.807) is 11.3 Å². The first-order valence-electron chi connectivity index (χ1n) is 7.27. The molecule has 2 N–H and O–H groups in total. The van der Waals surface area contributed by atoms with Crippen molar-refractivity contribution >= 4 is 11.3 Å². The van der Waals surface area contributed by atoms with E-state index in [4.69, 9.17) is 5.73 Å². The maximum Gasteiger partial charge on any atom is 0.123 e. The second-order valence-corrected chi connectivity index (χ2v) is 6.47. The number of thiophene rings is 1. The third kappa shape index (κ3) is 3.90. The van der Waals surface area contributed by atoms with Crippen molar-refractivity contribution < 1.29 is 4.39 Å². The number of likely N-dealkylation sites (N-methyl/N-ethyl adjacent to an activating group) is 1.